The van der Waals surface area contributed by atoms with E-state index < -0.39 is 0 Å². The highest BCUT2D eigenvalue weighted by molar-refractivity contribution is 5.69. The number of carbonyl (C=O) groups is 1. The molecule has 0 aromatic heterocycles. The van der Waals surface area contributed by atoms with Gasteiger partial charge in [0.2, 0.25) is 0 Å². The number of benzene rings is 2. The van der Waals surface area contributed by atoms with Crippen LogP contribution < -0.4 is 9.47 Å². The SMILES string of the molecule is COC(=O)CCc1cc(C)c(Oc2ccc(OC)cc2)c(C)c1. The minimum atomic E-state index is -0.195. The van der Waals surface area contributed by atoms with Gasteiger partial charge in [-0.15, -0.1) is 0 Å². The van der Waals surface area contributed by atoms with Crippen molar-refractivity contribution >= 4 is 5.97 Å². The fraction of sp³-hybridized carbons (Fsp3) is 0.316. The standard InChI is InChI=1S/C19H22O4/c1-13-11-15(5-10-18(20)22-4)12-14(2)19(13)23-17-8-6-16(21-3)7-9-17/h6-9,11-12H,5,10H2,1-4H3. The van der Waals surface area contributed by atoms with Crippen molar-refractivity contribution in [3.05, 3.63) is 53.1 Å². The molecule has 4 nitrogen and oxygen atoms in total. The molecule has 0 saturated heterocycles. The fourth-order valence-corrected chi connectivity index (χ4v) is 2.46. The van der Waals surface area contributed by atoms with Crippen LogP contribution in [0.25, 0.3) is 0 Å². The largest absolute Gasteiger partial charge is 0.497 e. The molecule has 0 saturated carbocycles. The van der Waals surface area contributed by atoms with Gasteiger partial charge in [-0.2, -0.15) is 0 Å². The predicted molar refractivity (Wildman–Crippen MR) is 89.3 cm³/mol. The van der Waals surface area contributed by atoms with Crippen molar-refractivity contribution < 1.29 is 19.0 Å². The molecule has 0 N–H and O–H groups in total. The number of ether oxygens (including phenoxy) is 3. The third kappa shape index (κ3) is 4.49. The molecule has 0 heterocycles. The van der Waals surface area contributed by atoms with Gasteiger partial charge in [-0.1, -0.05) is 12.1 Å². The zero-order valence-electron chi connectivity index (χ0n) is 14.0. The molecule has 0 unspecified atom stereocenters. The summed E-state index contributed by atoms with van der Waals surface area (Å²) in [5, 5.41) is 0. The smallest absolute Gasteiger partial charge is 0.305 e. The molecule has 0 spiro atoms. The Morgan fingerprint density at radius 1 is 0.957 bits per heavy atom. The lowest BCUT2D eigenvalue weighted by Crippen LogP contribution is -2.02. The zero-order valence-corrected chi connectivity index (χ0v) is 14.0. The lowest BCUT2D eigenvalue weighted by molar-refractivity contribution is -0.140. The van der Waals surface area contributed by atoms with Crippen LogP contribution in [0.4, 0.5) is 0 Å². The first kappa shape index (κ1) is 16.9. The number of hydrogen-bond acceptors (Lipinski definition) is 4. The van der Waals surface area contributed by atoms with Gasteiger partial charge in [-0.3, -0.25) is 4.79 Å². The lowest BCUT2D eigenvalue weighted by Gasteiger charge is -2.14. The van der Waals surface area contributed by atoms with Crippen LogP contribution in [0.15, 0.2) is 36.4 Å². The Bertz CT molecular complexity index is 651. The molecule has 0 aliphatic rings. The van der Waals surface area contributed by atoms with Gasteiger partial charge in [0, 0.05) is 6.42 Å². The van der Waals surface area contributed by atoms with E-state index in [1.807, 2.05) is 38.1 Å². The molecule has 23 heavy (non-hydrogen) atoms. The van der Waals surface area contributed by atoms with Crippen molar-refractivity contribution in [1.29, 1.82) is 0 Å². The van der Waals surface area contributed by atoms with Crippen LogP contribution in [0.5, 0.6) is 17.2 Å². The van der Waals surface area contributed by atoms with Crippen LogP contribution in [0.2, 0.25) is 0 Å². The van der Waals surface area contributed by atoms with Gasteiger partial charge in [0.25, 0.3) is 0 Å². The number of methoxy groups -OCH3 is 2. The number of rotatable bonds is 6. The van der Waals surface area contributed by atoms with Crippen LogP contribution in [0.1, 0.15) is 23.1 Å². The summed E-state index contributed by atoms with van der Waals surface area (Å²) in [7, 11) is 3.04. The van der Waals surface area contributed by atoms with E-state index in [1.54, 1.807) is 7.11 Å². The van der Waals surface area contributed by atoms with Crippen LogP contribution in [0, 0.1) is 13.8 Å². The van der Waals surface area contributed by atoms with Gasteiger partial charge in [-0.05, 0) is 61.2 Å². The number of hydrogen-bond donors (Lipinski definition) is 0. The summed E-state index contributed by atoms with van der Waals surface area (Å²) in [6.45, 7) is 4.01. The average molecular weight is 314 g/mol. The first-order valence-corrected chi connectivity index (χ1v) is 7.52. The quantitative estimate of drug-likeness (QED) is 0.749. The Kier molecular flexibility index (Phi) is 5.63. The van der Waals surface area contributed by atoms with Crippen molar-refractivity contribution in [3.63, 3.8) is 0 Å². The highest BCUT2D eigenvalue weighted by Crippen LogP contribution is 2.31. The van der Waals surface area contributed by atoms with Gasteiger partial charge >= 0.3 is 5.97 Å². The van der Waals surface area contributed by atoms with Crippen LogP contribution in [0.3, 0.4) is 0 Å². The van der Waals surface area contributed by atoms with E-state index in [2.05, 4.69) is 16.9 Å². The zero-order chi connectivity index (χ0) is 16.8. The second-order valence-electron chi connectivity index (χ2n) is 5.41. The van der Waals surface area contributed by atoms with Gasteiger partial charge < -0.3 is 14.2 Å². The Hall–Kier alpha value is -2.49. The van der Waals surface area contributed by atoms with Crippen molar-refractivity contribution in [3.8, 4) is 17.2 Å². The molecule has 0 radical (unpaired) electrons. The Labute approximate surface area is 137 Å². The van der Waals surface area contributed by atoms with Crippen LogP contribution in [-0.4, -0.2) is 20.2 Å². The van der Waals surface area contributed by atoms with E-state index in [1.165, 1.54) is 7.11 Å². The number of aryl methyl sites for hydroxylation is 3. The van der Waals surface area contributed by atoms with Crippen LogP contribution in [-0.2, 0) is 16.0 Å². The first-order chi connectivity index (χ1) is 11.0. The Morgan fingerprint density at radius 2 is 1.52 bits per heavy atom. The fourth-order valence-electron chi connectivity index (χ4n) is 2.46. The van der Waals surface area contributed by atoms with E-state index in [4.69, 9.17) is 9.47 Å². The van der Waals surface area contributed by atoms with Crippen molar-refractivity contribution in [2.75, 3.05) is 14.2 Å². The molecule has 2 aromatic rings. The normalized spacial score (nSPS) is 10.3. The minimum absolute atomic E-state index is 0.195. The van der Waals surface area contributed by atoms with E-state index in [0.717, 1.165) is 33.9 Å². The minimum Gasteiger partial charge on any atom is -0.497 e. The second kappa shape index (κ2) is 7.68. The molecule has 0 fully saturated rings. The van der Waals surface area contributed by atoms with E-state index in [0.29, 0.717) is 12.8 Å². The van der Waals surface area contributed by atoms with Gasteiger partial charge in [0.05, 0.1) is 14.2 Å². The second-order valence-corrected chi connectivity index (χ2v) is 5.41. The summed E-state index contributed by atoms with van der Waals surface area (Å²) < 4.78 is 15.8. The predicted octanol–water partition coefficient (Wildman–Crippen LogP) is 4.21. The summed E-state index contributed by atoms with van der Waals surface area (Å²) in [6.07, 6.45) is 1.05. The highest BCUT2D eigenvalue weighted by Gasteiger charge is 2.09. The van der Waals surface area contributed by atoms with Gasteiger partial charge in [0.1, 0.15) is 17.2 Å². The maximum absolute atomic E-state index is 11.3. The van der Waals surface area contributed by atoms with Gasteiger partial charge in [-0.25, -0.2) is 0 Å². The third-order valence-corrected chi connectivity index (χ3v) is 3.64. The van der Waals surface area contributed by atoms with Crippen LogP contribution >= 0.6 is 0 Å². The summed E-state index contributed by atoms with van der Waals surface area (Å²) in [4.78, 5) is 11.3. The average Bonchev–Trinajstić information content (AvgIpc) is 2.56. The van der Waals surface area contributed by atoms with E-state index in [9.17, 15) is 4.79 Å². The number of esters is 1. The van der Waals surface area contributed by atoms with Crippen molar-refractivity contribution in [1.82, 2.24) is 0 Å². The highest BCUT2D eigenvalue weighted by atomic mass is 16.5. The van der Waals surface area contributed by atoms with E-state index in [-0.39, 0.29) is 5.97 Å². The monoisotopic (exact) mass is 314 g/mol. The molecule has 0 aliphatic heterocycles. The lowest BCUT2D eigenvalue weighted by atomic mass is 10.0. The van der Waals surface area contributed by atoms with E-state index >= 15 is 0 Å². The third-order valence-electron chi connectivity index (χ3n) is 3.64. The molecule has 2 rings (SSSR count). The maximum atomic E-state index is 11.3. The summed E-state index contributed by atoms with van der Waals surface area (Å²) in [5.41, 5.74) is 3.19. The summed E-state index contributed by atoms with van der Waals surface area (Å²) in [5.74, 6) is 2.21. The Balaban J connectivity index is 2.14. The summed E-state index contributed by atoms with van der Waals surface area (Å²) in [6, 6.07) is 11.6. The molecular formula is C19H22O4. The molecule has 0 amide bonds. The molecular weight excluding hydrogens is 292 g/mol. The summed E-state index contributed by atoms with van der Waals surface area (Å²) >= 11 is 0. The Morgan fingerprint density at radius 3 is 2.04 bits per heavy atom. The number of carbonyl (C=O) groups excluding carboxylic acids is 1. The molecule has 0 bridgehead atoms. The molecule has 4 heteroatoms. The molecule has 2 aromatic carbocycles. The molecule has 0 atom stereocenters. The first-order valence-electron chi connectivity index (χ1n) is 7.52. The van der Waals surface area contributed by atoms with Crippen molar-refractivity contribution in [2.45, 2.75) is 26.7 Å². The molecule has 0 aliphatic carbocycles. The van der Waals surface area contributed by atoms with Crippen molar-refractivity contribution in [2.24, 2.45) is 0 Å². The van der Waals surface area contributed by atoms with Gasteiger partial charge in [0.15, 0.2) is 0 Å². The molecule has 122 valence electrons. The maximum Gasteiger partial charge on any atom is 0.305 e. The topological polar surface area (TPSA) is 44.8 Å².